The zero-order valence-electron chi connectivity index (χ0n) is 14.0. The SMILES string of the molecule is ClC(Cl)(Cl)c1nc(C(=Cc2ccccc2)c2ccccc2)nc(C(Cl)(Cl)Cl)n1. The summed E-state index contributed by atoms with van der Waals surface area (Å²) in [6.07, 6.45) is 1.90. The fraction of sp³-hybridized carbons (Fsp3) is 0.105. The summed E-state index contributed by atoms with van der Waals surface area (Å²) in [6.45, 7) is 0. The van der Waals surface area contributed by atoms with Gasteiger partial charge in [0, 0.05) is 5.57 Å². The second-order valence-corrected chi connectivity index (χ2v) is 10.2. The summed E-state index contributed by atoms with van der Waals surface area (Å²) < 4.78 is -3.84. The van der Waals surface area contributed by atoms with E-state index < -0.39 is 7.59 Å². The average Bonchev–Trinajstić information content (AvgIpc) is 2.66. The second kappa shape index (κ2) is 8.74. The summed E-state index contributed by atoms with van der Waals surface area (Å²) in [5, 5.41) is 0. The Balaban J connectivity index is 2.27. The molecule has 3 rings (SSSR count). The van der Waals surface area contributed by atoms with Crippen LogP contribution in [-0.4, -0.2) is 15.0 Å². The summed E-state index contributed by atoms with van der Waals surface area (Å²) in [5.41, 5.74) is 2.41. The Morgan fingerprint density at radius 2 is 1.11 bits per heavy atom. The normalized spacial score (nSPS) is 12.9. The van der Waals surface area contributed by atoms with Gasteiger partial charge >= 0.3 is 0 Å². The quantitative estimate of drug-likeness (QED) is 0.288. The van der Waals surface area contributed by atoms with Crippen LogP contribution in [-0.2, 0) is 7.59 Å². The van der Waals surface area contributed by atoms with Crippen LogP contribution in [0.3, 0.4) is 0 Å². The Morgan fingerprint density at radius 3 is 1.57 bits per heavy atom. The molecule has 0 radical (unpaired) electrons. The highest BCUT2D eigenvalue weighted by Gasteiger charge is 2.34. The zero-order chi connectivity index (χ0) is 20.4. The highest BCUT2D eigenvalue weighted by molar-refractivity contribution is 6.67. The molecule has 28 heavy (non-hydrogen) atoms. The lowest BCUT2D eigenvalue weighted by atomic mass is 10.0. The van der Waals surface area contributed by atoms with Crippen molar-refractivity contribution in [3.63, 3.8) is 0 Å². The van der Waals surface area contributed by atoms with E-state index in [1.807, 2.05) is 66.7 Å². The van der Waals surface area contributed by atoms with Crippen LogP contribution < -0.4 is 0 Å². The molecule has 0 saturated carbocycles. The van der Waals surface area contributed by atoms with Gasteiger partial charge in [-0.2, -0.15) is 0 Å². The van der Waals surface area contributed by atoms with E-state index in [2.05, 4.69) is 15.0 Å². The smallest absolute Gasteiger partial charge is 0.209 e. The molecule has 0 bridgehead atoms. The third kappa shape index (κ3) is 5.50. The minimum atomic E-state index is -1.92. The summed E-state index contributed by atoms with van der Waals surface area (Å²) >= 11 is 36.0. The number of hydrogen-bond acceptors (Lipinski definition) is 3. The second-order valence-electron chi connectivity index (χ2n) is 5.64. The molecule has 144 valence electrons. The van der Waals surface area contributed by atoms with Crippen molar-refractivity contribution < 1.29 is 0 Å². The van der Waals surface area contributed by atoms with Gasteiger partial charge < -0.3 is 0 Å². The van der Waals surface area contributed by atoms with E-state index >= 15 is 0 Å². The van der Waals surface area contributed by atoms with Crippen molar-refractivity contribution in [2.75, 3.05) is 0 Å². The third-order valence-electron chi connectivity index (χ3n) is 3.58. The fourth-order valence-corrected chi connectivity index (χ4v) is 2.87. The number of rotatable bonds is 3. The predicted molar refractivity (Wildman–Crippen MR) is 118 cm³/mol. The van der Waals surface area contributed by atoms with E-state index in [0.29, 0.717) is 5.57 Å². The zero-order valence-corrected chi connectivity index (χ0v) is 18.5. The number of halogens is 6. The van der Waals surface area contributed by atoms with Crippen LogP contribution in [0.2, 0.25) is 0 Å². The van der Waals surface area contributed by atoms with Crippen molar-refractivity contribution in [3.8, 4) is 0 Å². The van der Waals surface area contributed by atoms with Gasteiger partial charge in [0.25, 0.3) is 0 Å². The first-order valence-electron chi connectivity index (χ1n) is 7.87. The molecule has 0 unspecified atom stereocenters. The van der Waals surface area contributed by atoms with Gasteiger partial charge in [-0.3, -0.25) is 0 Å². The molecule has 0 amide bonds. The van der Waals surface area contributed by atoms with Crippen LogP contribution in [0, 0.1) is 0 Å². The van der Waals surface area contributed by atoms with Gasteiger partial charge in [0.05, 0.1) is 0 Å². The number of benzene rings is 2. The third-order valence-corrected chi connectivity index (χ3v) is 4.59. The topological polar surface area (TPSA) is 38.7 Å². The molecular weight excluding hydrogens is 483 g/mol. The van der Waals surface area contributed by atoms with Crippen LogP contribution in [0.5, 0.6) is 0 Å². The Hall–Kier alpha value is -1.07. The van der Waals surface area contributed by atoms with Crippen molar-refractivity contribution in [1.29, 1.82) is 0 Å². The number of alkyl halides is 6. The summed E-state index contributed by atoms with van der Waals surface area (Å²) in [4.78, 5) is 12.7. The molecule has 3 nitrogen and oxygen atoms in total. The first-order chi connectivity index (χ1) is 13.1. The molecule has 2 aromatic carbocycles. The molecule has 0 fully saturated rings. The summed E-state index contributed by atoms with van der Waals surface area (Å²) in [7, 11) is 0. The lowest BCUT2D eigenvalue weighted by Gasteiger charge is -2.17. The predicted octanol–water partition coefficient (Wildman–Crippen LogP) is 7.11. The van der Waals surface area contributed by atoms with Crippen LogP contribution in [0.4, 0.5) is 0 Å². The largest absolute Gasteiger partial charge is 0.250 e. The first kappa shape index (κ1) is 21.6. The Morgan fingerprint density at radius 1 is 0.643 bits per heavy atom. The minimum Gasteiger partial charge on any atom is -0.209 e. The molecule has 0 saturated heterocycles. The highest BCUT2D eigenvalue weighted by atomic mass is 35.6. The van der Waals surface area contributed by atoms with Gasteiger partial charge in [0.1, 0.15) is 0 Å². The Bertz CT molecular complexity index is 948. The van der Waals surface area contributed by atoms with Gasteiger partial charge in [-0.1, -0.05) is 130 Å². The molecule has 0 atom stereocenters. The molecule has 0 aliphatic rings. The molecule has 1 heterocycles. The Kier molecular flexibility index (Phi) is 6.76. The molecule has 0 aliphatic heterocycles. The van der Waals surface area contributed by atoms with E-state index in [1.165, 1.54) is 0 Å². The van der Waals surface area contributed by atoms with E-state index in [1.54, 1.807) is 0 Å². The molecule has 0 aliphatic carbocycles. The van der Waals surface area contributed by atoms with E-state index in [0.717, 1.165) is 11.1 Å². The van der Waals surface area contributed by atoms with Crippen LogP contribution in [0.25, 0.3) is 11.6 Å². The first-order valence-corrected chi connectivity index (χ1v) is 10.1. The maximum Gasteiger partial charge on any atom is 0.250 e. The molecule has 0 spiro atoms. The Labute approximate surface area is 192 Å². The number of hydrogen-bond donors (Lipinski definition) is 0. The summed E-state index contributed by atoms with van der Waals surface area (Å²) in [6, 6.07) is 19.1. The van der Waals surface area contributed by atoms with Crippen molar-refractivity contribution in [1.82, 2.24) is 15.0 Å². The maximum absolute atomic E-state index is 5.99. The molecule has 1 aromatic heterocycles. The number of aromatic nitrogens is 3. The van der Waals surface area contributed by atoms with Gasteiger partial charge in [-0.05, 0) is 17.2 Å². The van der Waals surface area contributed by atoms with Crippen molar-refractivity contribution in [2.45, 2.75) is 7.59 Å². The van der Waals surface area contributed by atoms with Gasteiger partial charge in [-0.25, -0.2) is 15.0 Å². The van der Waals surface area contributed by atoms with E-state index in [4.69, 9.17) is 69.6 Å². The van der Waals surface area contributed by atoms with Crippen molar-refractivity contribution in [2.24, 2.45) is 0 Å². The summed E-state index contributed by atoms with van der Waals surface area (Å²) in [5.74, 6) is -0.0647. The minimum absolute atomic E-state index is 0.140. The van der Waals surface area contributed by atoms with Crippen LogP contribution in [0.1, 0.15) is 28.6 Å². The standard InChI is InChI=1S/C19H11Cl6N3/c20-18(21,22)16-26-15(27-17(28-16)19(23,24)25)14(13-9-5-2-6-10-13)11-12-7-3-1-4-8-12/h1-11H. The van der Waals surface area contributed by atoms with E-state index in [-0.39, 0.29) is 17.5 Å². The maximum atomic E-state index is 5.99. The van der Waals surface area contributed by atoms with Crippen LogP contribution >= 0.6 is 69.6 Å². The average molecular weight is 494 g/mol. The monoisotopic (exact) mass is 491 g/mol. The van der Waals surface area contributed by atoms with E-state index in [9.17, 15) is 0 Å². The van der Waals surface area contributed by atoms with Gasteiger partial charge in [-0.15, -0.1) is 0 Å². The fourth-order valence-electron chi connectivity index (χ4n) is 2.36. The number of nitrogens with zero attached hydrogens (tertiary/aromatic N) is 3. The lowest BCUT2D eigenvalue weighted by Crippen LogP contribution is -2.18. The van der Waals surface area contributed by atoms with Crippen molar-refractivity contribution >= 4 is 81.3 Å². The lowest BCUT2D eigenvalue weighted by molar-refractivity contribution is 0.832. The van der Waals surface area contributed by atoms with Crippen molar-refractivity contribution in [3.05, 3.63) is 89.3 Å². The van der Waals surface area contributed by atoms with Crippen LogP contribution in [0.15, 0.2) is 60.7 Å². The molecule has 9 heteroatoms. The molecular formula is C19H11Cl6N3. The van der Waals surface area contributed by atoms with Gasteiger partial charge in [0.2, 0.25) is 7.59 Å². The molecule has 0 N–H and O–H groups in total. The molecule has 3 aromatic rings. The highest BCUT2D eigenvalue weighted by Crippen LogP contribution is 2.40. The van der Waals surface area contributed by atoms with Gasteiger partial charge in [0.15, 0.2) is 17.5 Å².